The molecule has 0 aromatic carbocycles. The minimum absolute atomic E-state index is 0.0108. The molecule has 2 heterocycles. The highest BCUT2D eigenvalue weighted by Crippen LogP contribution is 2.32. The standard InChI is InChI=1S/2C20H36O4/c1-3-4-5-6-9-12-15-18-17(20(22)24-18)14-11-8-7-10-13-16-19(21)23-2;1-3-4-5-6-8-11-14-17-18(24-20(17)22)15-12-9-7-10-13-16-19(21)23-2/h2*17-18H,3-16H2,1-2H3/t2*17-,18-/m10/s1. The average molecular weight is 681 g/mol. The first-order valence-corrected chi connectivity index (χ1v) is 19.9. The molecule has 8 heteroatoms. The van der Waals surface area contributed by atoms with Crippen molar-refractivity contribution in [1.82, 2.24) is 0 Å². The maximum Gasteiger partial charge on any atom is 0.313 e. The molecule has 2 aliphatic rings. The second-order valence-electron chi connectivity index (χ2n) is 14.0. The Hall–Kier alpha value is -2.12. The summed E-state index contributed by atoms with van der Waals surface area (Å²) < 4.78 is 19.9. The third kappa shape index (κ3) is 21.1. The molecule has 8 nitrogen and oxygen atoms in total. The molecule has 48 heavy (non-hydrogen) atoms. The quantitative estimate of drug-likeness (QED) is 0.0419. The van der Waals surface area contributed by atoms with Gasteiger partial charge in [0.15, 0.2) is 0 Å². The van der Waals surface area contributed by atoms with Crippen LogP contribution in [0.3, 0.4) is 0 Å². The summed E-state index contributed by atoms with van der Waals surface area (Å²) in [7, 11) is 2.87. The summed E-state index contributed by atoms with van der Waals surface area (Å²) in [6.07, 6.45) is 31.5. The molecule has 0 bridgehead atoms. The van der Waals surface area contributed by atoms with Gasteiger partial charge in [0, 0.05) is 12.8 Å². The van der Waals surface area contributed by atoms with E-state index in [-0.39, 0.29) is 47.9 Å². The Kier molecular flexibility index (Phi) is 27.2. The summed E-state index contributed by atoms with van der Waals surface area (Å²) >= 11 is 0. The average Bonchev–Trinajstić information content (AvgIpc) is 3.08. The monoisotopic (exact) mass is 681 g/mol. The van der Waals surface area contributed by atoms with Gasteiger partial charge in [-0.15, -0.1) is 0 Å². The van der Waals surface area contributed by atoms with Gasteiger partial charge < -0.3 is 18.9 Å². The topological polar surface area (TPSA) is 105 Å². The molecule has 2 fully saturated rings. The van der Waals surface area contributed by atoms with E-state index < -0.39 is 0 Å². The van der Waals surface area contributed by atoms with Crippen LogP contribution in [0.15, 0.2) is 0 Å². The van der Waals surface area contributed by atoms with Gasteiger partial charge in [-0.2, -0.15) is 0 Å². The van der Waals surface area contributed by atoms with Crippen LogP contribution in [-0.2, 0) is 38.1 Å². The van der Waals surface area contributed by atoms with E-state index in [1.54, 1.807) is 0 Å². The molecule has 0 aliphatic carbocycles. The number of unbranched alkanes of at least 4 members (excludes halogenated alkanes) is 18. The van der Waals surface area contributed by atoms with Crippen LogP contribution in [0.25, 0.3) is 0 Å². The van der Waals surface area contributed by atoms with Crippen molar-refractivity contribution in [3.8, 4) is 0 Å². The molecule has 2 rings (SSSR count). The number of methoxy groups -OCH3 is 2. The minimum atomic E-state index is -0.121. The van der Waals surface area contributed by atoms with E-state index in [0.29, 0.717) is 12.8 Å². The molecule has 0 radical (unpaired) electrons. The lowest BCUT2D eigenvalue weighted by atomic mass is 9.87. The van der Waals surface area contributed by atoms with Crippen LogP contribution in [0.4, 0.5) is 0 Å². The maximum absolute atomic E-state index is 11.6. The molecule has 4 atom stereocenters. The highest BCUT2D eigenvalue weighted by Gasteiger charge is 2.41. The van der Waals surface area contributed by atoms with E-state index in [1.807, 2.05) is 0 Å². The number of carbonyl (C=O) groups is 4. The van der Waals surface area contributed by atoms with Gasteiger partial charge >= 0.3 is 23.9 Å². The molecule has 280 valence electrons. The highest BCUT2D eigenvalue weighted by molar-refractivity contribution is 5.78. The minimum Gasteiger partial charge on any atom is -0.469 e. The smallest absolute Gasteiger partial charge is 0.313 e. The number of cyclic esters (lactones) is 2. The lowest BCUT2D eigenvalue weighted by Gasteiger charge is -2.35. The highest BCUT2D eigenvalue weighted by atomic mass is 16.6. The molecule has 2 aliphatic heterocycles. The van der Waals surface area contributed by atoms with Crippen molar-refractivity contribution in [1.29, 1.82) is 0 Å². The summed E-state index contributed by atoms with van der Waals surface area (Å²) in [5.74, 6) is 0.105. The molecule has 2 saturated heterocycles. The fourth-order valence-corrected chi connectivity index (χ4v) is 6.71. The predicted molar refractivity (Wildman–Crippen MR) is 191 cm³/mol. The Morgan fingerprint density at radius 2 is 0.750 bits per heavy atom. The summed E-state index contributed by atoms with van der Waals surface area (Å²) in [5.41, 5.74) is 0. The van der Waals surface area contributed by atoms with Crippen LogP contribution in [0.2, 0.25) is 0 Å². The second-order valence-corrected chi connectivity index (χ2v) is 14.0. The van der Waals surface area contributed by atoms with Crippen molar-refractivity contribution in [3.05, 3.63) is 0 Å². The van der Waals surface area contributed by atoms with Gasteiger partial charge in [-0.25, -0.2) is 0 Å². The Labute approximate surface area is 293 Å². The first kappa shape index (κ1) is 43.9. The van der Waals surface area contributed by atoms with E-state index in [9.17, 15) is 19.2 Å². The van der Waals surface area contributed by atoms with Crippen LogP contribution in [0, 0.1) is 11.8 Å². The summed E-state index contributed by atoms with van der Waals surface area (Å²) in [6.45, 7) is 4.46. The van der Waals surface area contributed by atoms with Crippen molar-refractivity contribution < 1.29 is 38.1 Å². The van der Waals surface area contributed by atoms with Gasteiger partial charge in [-0.3, -0.25) is 19.2 Å². The maximum atomic E-state index is 11.6. The number of esters is 4. The van der Waals surface area contributed by atoms with Gasteiger partial charge in [0.2, 0.25) is 0 Å². The molecule has 0 unspecified atom stereocenters. The zero-order chi connectivity index (χ0) is 35.2. The zero-order valence-electron chi connectivity index (χ0n) is 31.4. The Bertz CT molecular complexity index is 843. The largest absolute Gasteiger partial charge is 0.469 e. The third-order valence-electron chi connectivity index (χ3n) is 9.97. The molecule has 0 amide bonds. The van der Waals surface area contributed by atoms with Crippen molar-refractivity contribution in [2.45, 2.75) is 206 Å². The summed E-state index contributed by atoms with van der Waals surface area (Å²) in [4.78, 5) is 45.2. The molecule has 0 N–H and O–H groups in total. The number of ether oxygens (including phenoxy) is 4. The normalized spacial score (nSPS) is 19.7. The van der Waals surface area contributed by atoms with Gasteiger partial charge in [0.25, 0.3) is 0 Å². The first-order chi connectivity index (χ1) is 23.4. The van der Waals surface area contributed by atoms with Crippen LogP contribution in [0.5, 0.6) is 0 Å². The number of rotatable bonds is 30. The number of hydrogen-bond donors (Lipinski definition) is 0. The van der Waals surface area contributed by atoms with Crippen molar-refractivity contribution in [2.75, 3.05) is 14.2 Å². The number of hydrogen-bond acceptors (Lipinski definition) is 8. The van der Waals surface area contributed by atoms with Crippen LogP contribution >= 0.6 is 0 Å². The Morgan fingerprint density at radius 1 is 0.458 bits per heavy atom. The fourth-order valence-electron chi connectivity index (χ4n) is 6.71. The molecule has 0 aromatic rings. The third-order valence-corrected chi connectivity index (χ3v) is 9.97. The van der Waals surface area contributed by atoms with Gasteiger partial charge in [0.05, 0.1) is 26.1 Å². The van der Waals surface area contributed by atoms with E-state index in [4.69, 9.17) is 9.47 Å². The van der Waals surface area contributed by atoms with Gasteiger partial charge in [0.1, 0.15) is 12.2 Å². The number of carbonyl (C=O) groups excluding carboxylic acids is 4. The first-order valence-electron chi connectivity index (χ1n) is 19.9. The molecular formula is C40H72O8. The SMILES string of the molecule is CCCCCCCC[C@@H]1C(=O)O[C@H]1CCCCCCCC(=O)OC.CCCCCCCC[C@H]1OC(=O)[C@@H]1CCCCCCCC(=O)OC. The molecule has 0 saturated carbocycles. The van der Waals surface area contributed by atoms with E-state index in [2.05, 4.69) is 23.3 Å². The van der Waals surface area contributed by atoms with Crippen LogP contribution < -0.4 is 0 Å². The molecule has 0 aromatic heterocycles. The second kappa shape index (κ2) is 29.8. The Balaban J connectivity index is 0.000000480. The van der Waals surface area contributed by atoms with Crippen LogP contribution in [-0.4, -0.2) is 50.3 Å². The van der Waals surface area contributed by atoms with Gasteiger partial charge in [-0.05, 0) is 51.4 Å². The van der Waals surface area contributed by atoms with E-state index in [0.717, 1.165) is 96.3 Å². The predicted octanol–water partition coefficient (Wildman–Crippen LogP) is 10.4. The van der Waals surface area contributed by atoms with Crippen molar-refractivity contribution >= 4 is 23.9 Å². The lowest BCUT2D eigenvalue weighted by molar-refractivity contribution is -0.187. The van der Waals surface area contributed by atoms with E-state index in [1.165, 1.54) is 84.8 Å². The van der Waals surface area contributed by atoms with Crippen molar-refractivity contribution in [2.24, 2.45) is 11.8 Å². The fraction of sp³-hybridized carbons (Fsp3) is 0.900. The van der Waals surface area contributed by atoms with Crippen molar-refractivity contribution in [3.63, 3.8) is 0 Å². The van der Waals surface area contributed by atoms with Crippen LogP contribution in [0.1, 0.15) is 194 Å². The molecule has 0 spiro atoms. The van der Waals surface area contributed by atoms with Gasteiger partial charge in [-0.1, -0.05) is 129 Å². The van der Waals surface area contributed by atoms with E-state index >= 15 is 0 Å². The zero-order valence-corrected chi connectivity index (χ0v) is 31.4. The lowest BCUT2D eigenvalue weighted by Crippen LogP contribution is -2.44. The summed E-state index contributed by atoms with van der Waals surface area (Å²) in [5, 5.41) is 0. The summed E-state index contributed by atoms with van der Waals surface area (Å²) in [6, 6.07) is 0. The molecular weight excluding hydrogens is 608 g/mol. The Morgan fingerprint density at radius 3 is 1.06 bits per heavy atom.